The number of para-hydroxylation sites is 2. The molecule has 3 aliphatic rings. The maximum absolute atomic E-state index is 5.16. The average Bonchev–Trinajstić information content (AvgIpc) is 3.69. The Kier molecular flexibility index (Phi) is 8.64. The molecule has 0 unspecified atom stereocenters. The normalized spacial score (nSPS) is 15.9. The largest absolute Gasteiger partial charge is 0.310 e. The number of thioether (sulfide) groups is 1. The molecule has 3 nitrogen and oxygen atoms in total. The van der Waals surface area contributed by atoms with E-state index in [1.165, 1.54) is 44.0 Å². The van der Waals surface area contributed by atoms with Crippen molar-refractivity contribution >= 4 is 51.6 Å². The highest BCUT2D eigenvalue weighted by atomic mass is 32.2. The molecule has 0 spiro atoms. The monoisotopic (exact) mass is 705 g/mol. The van der Waals surface area contributed by atoms with Crippen molar-refractivity contribution in [2.45, 2.75) is 51.9 Å². The second-order valence-corrected chi connectivity index (χ2v) is 15.7. The smallest absolute Gasteiger partial charge is 0.145 e. The van der Waals surface area contributed by atoms with E-state index < -0.39 is 0 Å². The van der Waals surface area contributed by atoms with E-state index in [1.54, 1.807) is 0 Å². The summed E-state index contributed by atoms with van der Waals surface area (Å²) in [5, 5.41) is 2.22. The summed E-state index contributed by atoms with van der Waals surface area (Å²) in [6.45, 7) is 6.95. The number of nitrogens with zero attached hydrogens (tertiary/aromatic N) is 3. The van der Waals surface area contributed by atoms with Crippen LogP contribution in [0, 0.1) is 0 Å². The van der Waals surface area contributed by atoms with Gasteiger partial charge in [0.05, 0.1) is 11.0 Å². The van der Waals surface area contributed by atoms with Gasteiger partial charge >= 0.3 is 0 Å². The van der Waals surface area contributed by atoms with Gasteiger partial charge in [0.15, 0.2) is 0 Å². The van der Waals surface area contributed by atoms with Crippen LogP contribution in [0.4, 0.5) is 17.1 Å². The highest BCUT2D eigenvalue weighted by molar-refractivity contribution is 8.06. The second-order valence-electron chi connectivity index (χ2n) is 14.8. The van der Waals surface area contributed by atoms with E-state index in [0.29, 0.717) is 0 Å². The first kappa shape index (κ1) is 33.3. The molecule has 1 heterocycles. The first-order chi connectivity index (χ1) is 26.0. The third kappa shape index (κ3) is 6.11. The predicted octanol–water partition coefficient (Wildman–Crippen LogP) is 14.0. The molecule has 0 fully saturated rings. The molecule has 0 aliphatic heterocycles. The highest BCUT2D eigenvalue weighted by Gasteiger charge is 2.35. The van der Waals surface area contributed by atoms with Gasteiger partial charge in [0, 0.05) is 38.6 Å². The zero-order valence-corrected chi connectivity index (χ0v) is 31.4. The number of imidazole rings is 1. The second kappa shape index (κ2) is 13.8. The van der Waals surface area contributed by atoms with Crippen LogP contribution >= 0.6 is 11.8 Å². The summed E-state index contributed by atoms with van der Waals surface area (Å²) in [4.78, 5) is 8.92. The summed E-state index contributed by atoms with van der Waals surface area (Å²) in [7, 11) is 0. The van der Waals surface area contributed by atoms with Crippen molar-refractivity contribution in [2.24, 2.45) is 0 Å². The minimum Gasteiger partial charge on any atom is -0.310 e. The van der Waals surface area contributed by atoms with Gasteiger partial charge in [-0.25, -0.2) is 4.98 Å². The van der Waals surface area contributed by atoms with Gasteiger partial charge < -0.3 is 4.90 Å². The Balaban J connectivity index is 1.10. The fraction of sp³-hybridized carbons (Fsp3) is 0.163. The molecule has 260 valence electrons. The number of anilines is 3. The summed E-state index contributed by atoms with van der Waals surface area (Å²) in [5.74, 6) is 0.978. The lowest BCUT2D eigenvalue weighted by Crippen LogP contribution is -2.16. The lowest BCUT2D eigenvalue weighted by molar-refractivity contribution is 0.660. The third-order valence-corrected chi connectivity index (χ3v) is 12.0. The Labute approximate surface area is 317 Å². The van der Waals surface area contributed by atoms with Crippen molar-refractivity contribution in [2.75, 3.05) is 4.90 Å². The van der Waals surface area contributed by atoms with Crippen molar-refractivity contribution in [3.8, 4) is 22.5 Å². The summed E-state index contributed by atoms with van der Waals surface area (Å²) >= 11 is 1.81. The summed E-state index contributed by atoms with van der Waals surface area (Å²) in [6, 6.07) is 42.3. The van der Waals surface area contributed by atoms with Gasteiger partial charge in [-0.15, -0.1) is 0 Å². The lowest BCUT2D eigenvalue weighted by atomic mass is 9.82. The number of hydrogen-bond donors (Lipinski definition) is 0. The molecule has 0 saturated carbocycles. The van der Waals surface area contributed by atoms with Crippen LogP contribution in [0.3, 0.4) is 0 Å². The van der Waals surface area contributed by atoms with Gasteiger partial charge in [-0.05, 0) is 139 Å². The van der Waals surface area contributed by atoms with E-state index >= 15 is 0 Å². The van der Waals surface area contributed by atoms with Crippen LogP contribution in [0.25, 0.3) is 45.3 Å². The van der Waals surface area contributed by atoms with E-state index in [0.717, 1.165) is 65.2 Å². The molecule has 6 aromatic rings. The average molecular weight is 706 g/mol. The Morgan fingerprint density at radius 1 is 0.736 bits per heavy atom. The Morgan fingerprint density at radius 3 is 2.25 bits per heavy atom. The van der Waals surface area contributed by atoms with Crippen molar-refractivity contribution in [1.29, 1.82) is 0 Å². The van der Waals surface area contributed by atoms with E-state index in [9.17, 15) is 0 Å². The number of benzene rings is 5. The molecule has 0 radical (unpaired) electrons. The quantitative estimate of drug-likeness (QED) is 0.157. The first-order valence-electron chi connectivity index (χ1n) is 18.7. The molecule has 0 bridgehead atoms. The highest BCUT2D eigenvalue weighted by Crippen LogP contribution is 2.50. The van der Waals surface area contributed by atoms with Crippen LogP contribution in [0.2, 0.25) is 0 Å². The van der Waals surface area contributed by atoms with Crippen LogP contribution in [0.5, 0.6) is 0 Å². The number of hydrogen-bond acceptors (Lipinski definition) is 3. The summed E-state index contributed by atoms with van der Waals surface area (Å²) in [6.07, 6.45) is 17.7. The molecule has 9 rings (SSSR count). The Morgan fingerprint density at radius 2 is 1.45 bits per heavy atom. The molecule has 0 amide bonds. The standard InChI is InChI=1S/C49H43N3S/c1-34-13-7-12-20-47(34)53-32-31-35-21-25-38(26-22-35)51(40-29-30-42-41-16-8-9-17-43(41)49(2,3)44(42)33-40)39-27-23-36(24-28-39)48-50-45-18-10-11-19-46(45)52(48)37-14-5-4-6-15-37/h4-5,8-12,14,16-33H,6-7,13,15H2,1-3H3/b32-31+. The topological polar surface area (TPSA) is 21.1 Å². The van der Waals surface area contributed by atoms with Gasteiger partial charge in [-0.2, -0.15) is 0 Å². The molecule has 3 aliphatic carbocycles. The fourth-order valence-corrected chi connectivity index (χ4v) is 8.99. The molecule has 0 N–H and O–H groups in total. The number of allylic oxidation sites excluding steroid dienone is 7. The predicted molar refractivity (Wildman–Crippen MR) is 228 cm³/mol. The molecule has 0 atom stereocenters. The molecular formula is C49H43N3S. The van der Waals surface area contributed by atoms with Gasteiger partial charge in [0.2, 0.25) is 0 Å². The van der Waals surface area contributed by atoms with Crippen LogP contribution < -0.4 is 4.90 Å². The van der Waals surface area contributed by atoms with E-state index in [4.69, 9.17) is 4.98 Å². The number of rotatable bonds is 8. The third-order valence-electron chi connectivity index (χ3n) is 11.0. The van der Waals surface area contributed by atoms with Crippen molar-refractivity contribution < 1.29 is 0 Å². The maximum atomic E-state index is 5.16. The number of fused-ring (bicyclic) bond motifs is 4. The Bertz CT molecular complexity index is 2500. The fourth-order valence-electron chi connectivity index (χ4n) is 8.14. The van der Waals surface area contributed by atoms with E-state index in [2.05, 4.69) is 187 Å². The SMILES string of the molecule is CC1=C(S/C=C/c2ccc(N(c3ccc(-c4nc5ccccc5n4C4=CC=CCC4)cc3)c3ccc4c(c3)C(C)(C)c3ccccc3-4)cc2)C=CCC1. The van der Waals surface area contributed by atoms with E-state index in [1.807, 2.05) is 11.8 Å². The zero-order chi connectivity index (χ0) is 35.9. The molecular weight excluding hydrogens is 663 g/mol. The van der Waals surface area contributed by atoms with Crippen LogP contribution in [-0.4, -0.2) is 9.55 Å². The first-order valence-corrected chi connectivity index (χ1v) is 19.6. The molecule has 4 heteroatoms. The van der Waals surface area contributed by atoms with Crippen molar-refractivity contribution in [1.82, 2.24) is 9.55 Å². The molecule has 1 aromatic heterocycles. The molecule has 5 aromatic carbocycles. The van der Waals surface area contributed by atoms with Crippen molar-refractivity contribution in [3.63, 3.8) is 0 Å². The van der Waals surface area contributed by atoms with Gasteiger partial charge in [0.25, 0.3) is 0 Å². The molecule has 53 heavy (non-hydrogen) atoms. The van der Waals surface area contributed by atoms with Crippen LogP contribution in [-0.2, 0) is 5.41 Å². The summed E-state index contributed by atoms with van der Waals surface area (Å²) < 4.78 is 2.35. The van der Waals surface area contributed by atoms with Gasteiger partial charge in [-0.3, -0.25) is 4.57 Å². The summed E-state index contributed by atoms with van der Waals surface area (Å²) in [5.41, 5.74) is 15.9. The Hall–Kier alpha value is -5.58. The van der Waals surface area contributed by atoms with Gasteiger partial charge in [-0.1, -0.05) is 110 Å². The minimum absolute atomic E-state index is 0.0901. The molecule has 0 saturated heterocycles. The zero-order valence-electron chi connectivity index (χ0n) is 30.6. The minimum atomic E-state index is -0.0901. The number of aromatic nitrogens is 2. The van der Waals surface area contributed by atoms with Crippen LogP contribution in [0.15, 0.2) is 162 Å². The maximum Gasteiger partial charge on any atom is 0.145 e. The van der Waals surface area contributed by atoms with Gasteiger partial charge in [0.1, 0.15) is 5.82 Å². The van der Waals surface area contributed by atoms with E-state index in [-0.39, 0.29) is 5.41 Å². The lowest BCUT2D eigenvalue weighted by Gasteiger charge is -2.28. The van der Waals surface area contributed by atoms with Crippen LogP contribution in [0.1, 0.15) is 63.1 Å². The van der Waals surface area contributed by atoms with Crippen molar-refractivity contribution in [3.05, 3.63) is 178 Å².